The Kier molecular flexibility index (Phi) is 3.92. The van der Waals surface area contributed by atoms with Gasteiger partial charge in [0.2, 0.25) is 10.0 Å². The lowest BCUT2D eigenvalue weighted by Crippen LogP contribution is -2.28. The van der Waals surface area contributed by atoms with Gasteiger partial charge in [-0.1, -0.05) is 16.8 Å². The number of halogens is 1. The first kappa shape index (κ1) is 14.7. The van der Waals surface area contributed by atoms with Gasteiger partial charge in [-0.15, -0.1) is 0 Å². The van der Waals surface area contributed by atoms with Crippen LogP contribution >= 0.6 is 11.6 Å². The van der Waals surface area contributed by atoms with E-state index in [4.69, 9.17) is 21.9 Å². The number of hydrogen-bond donors (Lipinski definition) is 1. The summed E-state index contributed by atoms with van der Waals surface area (Å²) in [5.74, 6) is 0.285. The monoisotopic (exact) mass is 315 g/mol. The molecular weight excluding hydrogens is 302 g/mol. The maximum Gasteiger partial charge on any atom is 0.240 e. The molecule has 108 valence electrons. The van der Waals surface area contributed by atoms with Gasteiger partial charge in [0.1, 0.15) is 17.2 Å². The first-order valence-electron chi connectivity index (χ1n) is 5.73. The minimum Gasteiger partial charge on any atom is -0.397 e. The molecule has 0 aliphatic rings. The Morgan fingerprint density at radius 1 is 1.40 bits per heavy atom. The van der Waals surface area contributed by atoms with E-state index in [1.807, 2.05) is 0 Å². The highest BCUT2D eigenvalue weighted by atomic mass is 35.5. The van der Waals surface area contributed by atoms with Crippen LogP contribution in [-0.2, 0) is 15.8 Å². The van der Waals surface area contributed by atoms with Crippen LogP contribution in [0.25, 0.3) is 0 Å². The number of nitrogens with zero attached hydrogens (tertiary/aromatic N) is 2. The molecular formula is C12H14ClN3O3S. The third kappa shape index (κ3) is 3.05. The molecule has 0 bridgehead atoms. The number of anilines is 2. The second-order valence-corrected chi connectivity index (χ2v) is 6.79. The smallest absolute Gasteiger partial charge is 0.240 e. The number of benzene rings is 1. The summed E-state index contributed by atoms with van der Waals surface area (Å²) in [4.78, 5) is 0. The average molecular weight is 316 g/mol. The van der Waals surface area contributed by atoms with Crippen LogP contribution in [0.15, 0.2) is 28.8 Å². The van der Waals surface area contributed by atoms with Gasteiger partial charge in [-0.3, -0.25) is 4.31 Å². The summed E-state index contributed by atoms with van der Waals surface area (Å²) in [6.45, 7) is 1.70. The molecule has 0 atom stereocenters. The zero-order valence-electron chi connectivity index (χ0n) is 11.0. The molecule has 20 heavy (non-hydrogen) atoms. The number of rotatable bonds is 4. The summed E-state index contributed by atoms with van der Waals surface area (Å²) in [5, 5.41) is 4.09. The second kappa shape index (κ2) is 5.34. The fraction of sp³-hybridized carbons (Fsp3) is 0.250. The maximum atomic E-state index is 12.3. The first-order valence-corrected chi connectivity index (χ1v) is 7.72. The van der Waals surface area contributed by atoms with Crippen molar-refractivity contribution in [3.05, 3.63) is 40.7 Å². The molecule has 0 fully saturated rings. The molecule has 0 unspecified atom stereocenters. The molecule has 2 N–H and O–H groups in total. The summed E-state index contributed by atoms with van der Waals surface area (Å²) in [7, 11) is -2.20. The molecule has 0 aliphatic carbocycles. The van der Waals surface area contributed by atoms with Crippen LogP contribution in [-0.4, -0.2) is 20.6 Å². The summed E-state index contributed by atoms with van der Waals surface area (Å²) < 4.78 is 30.6. The number of aromatic nitrogens is 1. The van der Waals surface area contributed by atoms with Gasteiger partial charge in [0.05, 0.1) is 11.4 Å². The van der Waals surface area contributed by atoms with Gasteiger partial charge in [-0.2, -0.15) is 0 Å². The summed E-state index contributed by atoms with van der Waals surface area (Å²) >= 11 is 5.87. The Balaban J connectivity index is 2.31. The van der Waals surface area contributed by atoms with Crippen molar-refractivity contribution >= 4 is 33.0 Å². The molecule has 0 amide bonds. The van der Waals surface area contributed by atoms with Crippen molar-refractivity contribution in [2.24, 2.45) is 0 Å². The summed E-state index contributed by atoms with van der Waals surface area (Å²) in [6.07, 6.45) is 0. The lowest BCUT2D eigenvalue weighted by molar-refractivity contribution is 0.392. The molecule has 1 aromatic heterocycles. The number of nitrogen functional groups attached to an aromatic ring is 1. The van der Waals surface area contributed by atoms with Gasteiger partial charge in [-0.25, -0.2) is 8.42 Å². The van der Waals surface area contributed by atoms with Gasteiger partial charge in [0, 0.05) is 18.1 Å². The quantitative estimate of drug-likeness (QED) is 0.873. The number of hydrogen-bond acceptors (Lipinski definition) is 5. The Hall–Kier alpha value is -1.73. The molecule has 1 heterocycles. The van der Waals surface area contributed by atoms with Crippen LogP contribution in [0.5, 0.6) is 0 Å². The lowest BCUT2D eigenvalue weighted by atomic mass is 10.3. The molecule has 0 saturated carbocycles. The molecule has 2 aromatic rings. The number of sulfonamides is 1. The highest BCUT2D eigenvalue weighted by molar-refractivity contribution is 7.92. The van der Waals surface area contributed by atoms with Crippen LogP contribution in [0.1, 0.15) is 11.5 Å². The number of nitrogens with two attached hydrogens (primary N) is 1. The van der Waals surface area contributed by atoms with E-state index in [9.17, 15) is 8.42 Å². The van der Waals surface area contributed by atoms with Crippen LogP contribution in [0.3, 0.4) is 0 Å². The normalized spacial score (nSPS) is 11.6. The van der Waals surface area contributed by atoms with Gasteiger partial charge in [-0.05, 0) is 25.1 Å². The van der Waals surface area contributed by atoms with Crippen molar-refractivity contribution in [2.75, 3.05) is 17.1 Å². The van der Waals surface area contributed by atoms with Crippen molar-refractivity contribution in [1.29, 1.82) is 0 Å². The highest BCUT2D eigenvalue weighted by Crippen LogP contribution is 2.28. The minimum atomic E-state index is -3.62. The van der Waals surface area contributed by atoms with Crippen molar-refractivity contribution in [1.82, 2.24) is 5.16 Å². The fourth-order valence-corrected chi connectivity index (χ4v) is 3.04. The Morgan fingerprint density at radius 2 is 2.10 bits per heavy atom. The van der Waals surface area contributed by atoms with Gasteiger partial charge >= 0.3 is 0 Å². The van der Waals surface area contributed by atoms with Crippen molar-refractivity contribution in [2.45, 2.75) is 12.7 Å². The van der Waals surface area contributed by atoms with E-state index >= 15 is 0 Å². The third-order valence-corrected chi connectivity index (χ3v) is 4.68. The van der Waals surface area contributed by atoms with E-state index in [0.717, 1.165) is 4.31 Å². The molecule has 0 spiro atoms. The average Bonchev–Trinajstić information content (AvgIpc) is 2.76. The zero-order chi connectivity index (χ0) is 14.9. The van der Waals surface area contributed by atoms with E-state index in [2.05, 4.69) is 5.16 Å². The Morgan fingerprint density at radius 3 is 2.70 bits per heavy atom. The first-order chi connectivity index (χ1) is 9.29. The standard InChI is InChI=1S/C12H14ClN3O3S/c1-8-5-10(15-19-8)7-20(17,18)16(2)12-6-9(13)3-4-11(12)14/h3-6H,7,14H2,1-2H3. The Labute approximate surface area is 122 Å². The van der Waals surface area contributed by atoms with E-state index in [0.29, 0.717) is 27.9 Å². The van der Waals surface area contributed by atoms with Crippen LogP contribution in [0.2, 0.25) is 5.02 Å². The number of aryl methyl sites for hydroxylation is 1. The maximum absolute atomic E-state index is 12.3. The van der Waals surface area contributed by atoms with E-state index < -0.39 is 10.0 Å². The van der Waals surface area contributed by atoms with Crippen LogP contribution < -0.4 is 10.0 Å². The minimum absolute atomic E-state index is 0.271. The van der Waals surface area contributed by atoms with Crippen molar-refractivity contribution in [3.8, 4) is 0 Å². The molecule has 8 heteroatoms. The molecule has 2 rings (SSSR count). The van der Waals surface area contributed by atoms with E-state index in [1.54, 1.807) is 25.1 Å². The second-order valence-electron chi connectivity index (χ2n) is 4.36. The Bertz CT molecular complexity index is 727. The summed E-state index contributed by atoms with van der Waals surface area (Å²) in [6, 6.07) is 6.24. The molecule has 0 saturated heterocycles. The molecule has 0 radical (unpaired) electrons. The highest BCUT2D eigenvalue weighted by Gasteiger charge is 2.22. The topological polar surface area (TPSA) is 89.4 Å². The third-order valence-electron chi connectivity index (χ3n) is 2.76. The molecule has 6 nitrogen and oxygen atoms in total. The summed E-state index contributed by atoms with van der Waals surface area (Å²) in [5.41, 5.74) is 6.79. The van der Waals surface area contributed by atoms with Crippen LogP contribution in [0.4, 0.5) is 11.4 Å². The van der Waals surface area contributed by atoms with E-state index in [-0.39, 0.29) is 5.75 Å². The molecule has 1 aromatic carbocycles. The van der Waals surface area contributed by atoms with Crippen LogP contribution in [0, 0.1) is 6.92 Å². The van der Waals surface area contributed by atoms with E-state index in [1.165, 1.54) is 13.1 Å². The SMILES string of the molecule is Cc1cc(CS(=O)(=O)N(C)c2cc(Cl)ccc2N)no1. The van der Waals surface area contributed by atoms with Gasteiger partial charge in [0.25, 0.3) is 0 Å². The largest absolute Gasteiger partial charge is 0.397 e. The predicted octanol–water partition coefficient (Wildman–Crippen LogP) is 2.18. The van der Waals surface area contributed by atoms with Crippen molar-refractivity contribution < 1.29 is 12.9 Å². The van der Waals surface area contributed by atoms with Gasteiger partial charge < -0.3 is 10.3 Å². The van der Waals surface area contributed by atoms with Gasteiger partial charge in [0.15, 0.2) is 0 Å². The molecule has 0 aliphatic heterocycles. The predicted molar refractivity (Wildman–Crippen MR) is 78.1 cm³/mol. The fourth-order valence-electron chi connectivity index (χ4n) is 1.71. The van der Waals surface area contributed by atoms with Crippen molar-refractivity contribution in [3.63, 3.8) is 0 Å². The zero-order valence-corrected chi connectivity index (χ0v) is 12.6. The lowest BCUT2D eigenvalue weighted by Gasteiger charge is -2.20.